The van der Waals surface area contributed by atoms with Gasteiger partial charge in [-0.25, -0.2) is 0 Å². The van der Waals surface area contributed by atoms with Crippen LogP contribution in [0.15, 0.2) is 69.5 Å². The highest BCUT2D eigenvalue weighted by molar-refractivity contribution is 5.79. The zero-order valence-electron chi connectivity index (χ0n) is 10.6. The molecule has 0 amide bonds. The lowest BCUT2D eigenvalue weighted by Gasteiger charge is -1.82. The molecule has 20 heavy (non-hydrogen) atoms. The molecular formula is C18H10O2. The highest BCUT2D eigenvalue weighted by Crippen LogP contribution is 2.20. The van der Waals surface area contributed by atoms with E-state index in [2.05, 4.69) is 11.8 Å². The number of rotatable bonds is 0. The molecule has 4 rings (SSSR count). The molecule has 94 valence electrons. The van der Waals surface area contributed by atoms with E-state index < -0.39 is 0 Å². The third kappa shape index (κ3) is 1.86. The van der Waals surface area contributed by atoms with E-state index >= 15 is 0 Å². The number of hydrogen-bond donors (Lipinski definition) is 0. The second-order valence-corrected chi connectivity index (χ2v) is 4.55. The minimum Gasteiger partial charge on any atom is -0.448 e. The molecule has 2 nitrogen and oxygen atoms in total. The van der Waals surface area contributed by atoms with Crippen molar-refractivity contribution < 1.29 is 8.83 Å². The number of furan rings is 2. The van der Waals surface area contributed by atoms with Crippen molar-refractivity contribution in [2.45, 2.75) is 0 Å². The van der Waals surface area contributed by atoms with Crippen LogP contribution in [0.3, 0.4) is 0 Å². The van der Waals surface area contributed by atoms with E-state index in [1.807, 2.05) is 60.7 Å². The summed E-state index contributed by atoms with van der Waals surface area (Å²) in [6.07, 6.45) is 0. The Morgan fingerprint density at radius 3 is 1.50 bits per heavy atom. The van der Waals surface area contributed by atoms with E-state index in [1.165, 1.54) is 0 Å². The van der Waals surface area contributed by atoms with Crippen molar-refractivity contribution in [2.24, 2.45) is 0 Å². The molecular weight excluding hydrogens is 248 g/mol. The maximum atomic E-state index is 5.65. The van der Waals surface area contributed by atoms with Gasteiger partial charge in [-0.3, -0.25) is 0 Å². The quantitative estimate of drug-likeness (QED) is 0.431. The first-order valence-electron chi connectivity index (χ1n) is 6.38. The van der Waals surface area contributed by atoms with Crippen LogP contribution in [0.5, 0.6) is 0 Å². The van der Waals surface area contributed by atoms with Gasteiger partial charge >= 0.3 is 0 Å². The van der Waals surface area contributed by atoms with Crippen molar-refractivity contribution in [1.82, 2.24) is 0 Å². The molecule has 4 aromatic rings. The first-order chi connectivity index (χ1) is 9.88. The SMILES string of the molecule is C(#Cc1cc2ccccc2o1)c1cc2ccccc2o1. The summed E-state index contributed by atoms with van der Waals surface area (Å²) >= 11 is 0. The molecule has 2 heteroatoms. The van der Waals surface area contributed by atoms with Gasteiger partial charge in [-0.1, -0.05) is 36.4 Å². The Morgan fingerprint density at radius 1 is 0.600 bits per heavy atom. The van der Waals surface area contributed by atoms with Crippen molar-refractivity contribution in [1.29, 1.82) is 0 Å². The first-order valence-corrected chi connectivity index (χ1v) is 6.38. The lowest BCUT2D eigenvalue weighted by molar-refractivity contribution is 0.595. The van der Waals surface area contributed by atoms with Crippen molar-refractivity contribution in [3.05, 3.63) is 72.2 Å². The van der Waals surface area contributed by atoms with Crippen LogP contribution in [0.1, 0.15) is 11.5 Å². The van der Waals surface area contributed by atoms with Crippen LogP contribution in [-0.2, 0) is 0 Å². The lowest BCUT2D eigenvalue weighted by Crippen LogP contribution is -1.66. The molecule has 0 aliphatic carbocycles. The summed E-state index contributed by atoms with van der Waals surface area (Å²) in [6, 6.07) is 19.6. The van der Waals surface area contributed by atoms with Gasteiger partial charge < -0.3 is 8.83 Å². The third-order valence-electron chi connectivity index (χ3n) is 3.16. The Kier molecular flexibility index (Phi) is 2.37. The van der Waals surface area contributed by atoms with Gasteiger partial charge in [0.25, 0.3) is 0 Å². The maximum Gasteiger partial charge on any atom is 0.178 e. The highest BCUT2D eigenvalue weighted by Gasteiger charge is 2.01. The summed E-state index contributed by atoms with van der Waals surface area (Å²) in [5.74, 6) is 7.29. The molecule has 0 N–H and O–H groups in total. The minimum absolute atomic E-state index is 0.645. The number of hydrogen-bond acceptors (Lipinski definition) is 2. The van der Waals surface area contributed by atoms with Crippen LogP contribution in [0.4, 0.5) is 0 Å². The molecule has 0 atom stereocenters. The van der Waals surface area contributed by atoms with Crippen molar-refractivity contribution >= 4 is 21.9 Å². The van der Waals surface area contributed by atoms with Gasteiger partial charge in [0.05, 0.1) is 0 Å². The largest absolute Gasteiger partial charge is 0.448 e. The number of para-hydroxylation sites is 2. The van der Waals surface area contributed by atoms with Crippen molar-refractivity contribution in [2.75, 3.05) is 0 Å². The van der Waals surface area contributed by atoms with Crippen LogP contribution in [0.2, 0.25) is 0 Å². The summed E-state index contributed by atoms with van der Waals surface area (Å²) in [7, 11) is 0. The standard InChI is InChI=1S/C18H10O2/c1-3-7-17-13(5-1)11-15(19-17)9-10-16-12-14-6-2-4-8-18(14)20-16/h1-8,11-12H. The van der Waals surface area contributed by atoms with E-state index in [4.69, 9.17) is 8.83 Å². The summed E-state index contributed by atoms with van der Waals surface area (Å²) < 4.78 is 11.3. The van der Waals surface area contributed by atoms with Gasteiger partial charge in [0.2, 0.25) is 0 Å². The predicted octanol–water partition coefficient (Wildman–Crippen LogP) is 4.58. The molecule has 0 spiro atoms. The summed E-state index contributed by atoms with van der Waals surface area (Å²) in [5, 5.41) is 2.11. The molecule has 0 aliphatic heterocycles. The van der Waals surface area contributed by atoms with Gasteiger partial charge in [0.15, 0.2) is 11.5 Å². The molecule has 0 aliphatic rings. The van der Waals surface area contributed by atoms with Crippen LogP contribution < -0.4 is 0 Å². The van der Waals surface area contributed by atoms with E-state index in [-0.39, 0.29) is 0 Å². The van der Waals surface area contributed by atoms with E-state index in [9.17, 15) is 0 Å². The smallest absolute Gasteiger partial charge is 0.178 e. The predicted molar refractivity (Wildman–Crippen MR) is 78.4 cm³/mol. The Balaban J connectivity index is 1.74. The topological polar surface area (TPSA) is 26.3 Å². The van der Waals surface area contributed by atoms with Crippen molar-refractivity contribution in [3.63, 3.8) is 0 Å². The Hall–Kier alpha value is -2.92. The van der Waals surface area contributed by atoms with Crippen LogP contribution >= 0.6 is 0 Å². The zero-order valence-corrected chi connectivity index (χ0v) is 10.6. The fourth-order valence-corrected chi connectivity index (χ4v) is 2.21. The Bertz CT molecular complexity index is 817. The van der Waals surface area contributed by atoms with Gasteiger partial charge in [-0.05, 0) is 24.0 Å². The van der Waals surface area contributed by atoms with Crippen LogP contribution in [-0.4, -0.2) is 0 Å². The molecule has 2 aromatic carbocycles. The van der Waals surface area contributed by atoms with Crippen molar-refractivity contribution in [3.8, 4) is 11.8 Å². The molecule has 0 bridgehead atoms. The van der Waals surface area contributed by atoms with Gasteiger partial charge in [-0.15, -0.1) is 0 Å². The molecule has 2 aromatic heterocycles. The normalized spacial score (nSPS) is 10.6. The second kappa shape index (κ2) is 4.32. The fraction of sp³-hybridized carbons (Fsp3) is 0. The molecule has 0 unspecified atom stereocenters. The molecule has 2 heterocycles. The third-order valence-corrected chi connectivity index (χ3v) is 3.16. The van der Waals surface area contributed by atoms with Gasteiger partial charge in [-0.2, -0.15) is 0 Å². The summed E-state index contributed by atoms with van der Waals surface area (Å²) in [4.78, 5) is 0. The van der Waals surface area contributed by atoms with E-state index in [1.54, 1.807) is 0 Å². The molecule has 0 saturated heterocycles. The Labute approximate surface area is 115 Å². The zero-order chi connectivity index (χ0) is 13.4. The minimum atomic E-state index is 0.645. The molecule has 0 fully saturated rings. The summed E-state index contributed by atoms with van der Waals surface area (Å²) in [5.41, 5.74) is 1.70. The Morgan fingerprint density at radius 2 is 1.05 bits per heavy atom. The lowest BCUT2D eigenvalue weighted by atomic mass is 10.2. The average molecular weight is 258 g/mol. The van der Waals surface area contributed by atoms with Crippen LogP contribution in [0.25, 0.3) is 21.9 Å². The highest BCUT2D eigenvalue weighted by atomic mass is 16.3. The van der Waals surface area contributed by atoms with Gasteiger partial charge in [0, 0.05) is 22.9 Å². The molecule has 0 radical (unpaired) electrons. The summed E-state index contributed by atoms with van der Waals surface area (Å²) in [6.45, 7) is 0. The first kappa shape index (κ1) is 11.0. The van der Waals surface area contributed by atoms with Gasteiger partial charge in [0.1, 0.15) is 11.2 Å². The second-order valence-electron chi connectivity index (χ2n) is 4.55. The van der Waals surface area contributed by atoms with E-state index in [0.29, 0.717) is 11.5 Å². The fourth-order valence-electron chi connectivity index (χ4n) is 2.21. The number of fused-ring (bicyclic) bond motifs is 2. The van der Waals surface area contributed by atoms with E-state index in [0.717, 1.165) is 21.9 Å². The number of benzene rings is 2. The average Bonchev–Trinajstić information content (AvgIpc) is 3.07. The monoisotopic (exact) mass is 258 g/mol. The maximum absolute atomic E-state index is 5.65. The van der Waals surface area contributed by atoms with Crippen LogP contribution in [0, 0.1) is 11.8 Å². The molecule has 0 saturated carbocycles.